The van der Waals surface area contributed by atoms with E-state index in [1.807, 2.05) is 35.2 Å². The zero-order valence-electron chi connectivity index (χ0n) is 18.3. The molecule has 158 valence electrons. The third kappa shape index (κ3) is 4.95. The van der Waals surface area contributed by atoms with Crippen LogP contribution in [-0.2, 0) is 17.8 Å². The molecule has 1 aliphatic rings. The molecule has 3 aromatic carbocycles. The van der Waals surface area contributed by atoms with E-state index in [0.29, 0.717) is 13.1 Å². The predicted molar refractivity (Wildman–Crippen MR) is 127 cm³/mol. The van der Waals surface area contributed by atoms with Gasteiger partial charge < -0.3 is 4.90 Å². The highest BCUT2D eigenvalue weighted by Crippen LogP contribution is 2.30. The molecule has 1 heterocycles. The standard InChI is InChI=1S/C28H30N2O/c1-3-22-15-17-24(18-16-22)26-10-7-19-29-27(25-8-5-4-6-9-25)28(31)30(26)20-23-13-11-21(2)12-14-23/h4-18,26-27,29H,3,19-20H2,1-2H3/b10-7-. The summed E-state index contributed by atoms with van der Waals surface area (Å²) in [5.41, 5.74) is 5.80. The van der Waals surface area contributed by atoms with Gasteiger partial charge >= 0.3 is 0 Å². The fraction of sp³-hybridized carbons (Fsp3) is 0.250. The molecule has 0 spiro atoms. The van der Waals surface area contributed by atoms with E-state index in [9.17, 15) is 4.79 Å². The zero-order valence-corrected chi connectivity index (χ0v) is 18.3. The third-order valence-corrected chi connectivity index (χ3v) is 5.96. The number of amides is 1. The number of hydrogen-bond acceptors (Lipinski definition) is 2. The molecule has 0 aliphatic carbocycles. The molecule has 31 heavy (non-hydrogen) atoms. The Morgan fingerprint density at radius 1 is 0.871 bits per heavy atom. The predicted octanol–water partition coefficient (Wildman–Crippen LogP) is 5.53. The molecule has 0 saturated heterocycles. The van der Waals surface area contributed by atoms with Gasteiger partial charge in [0.25, 0.3) is 0 Å². The van der Waals surface area contributed by atoms with Crippen LogP contribution < -0.4 is 5.32 Å². The van der Waals surface area contributed by atoms with Crippen LogP contribution in [0.1, 0.15) is 46.8 Å². The number of rotatable bonds is 5. The first-order chi connectivity index (χ1) is 15.2. The van der Waals surface area contributed by atoms with Gasteiger partial charge in [-0.25, -0.2) is 0 Å². The van der Waals surface area contributed by atoms with Crippen molar-refractivity contribution < 1.29 is 4.79 Å². The van der Waals surface area contributed by atoms with Crippen molar-refractivity contribution in [2.24, 2.45) is 0 Å². The van der Waals surface area contributed by atoms with Crippen LogP contribution in [-0.4, -0.2) is 17.4 Å². The molecule has 3 aromatic rings. The van der Waals surface area contributed by atoms with Gasteiger partial charge in [-0.2, -0.15) is 0 Å². The van der Waals surface area contributed by atoms with Crippen molar-refractivity contribution in [2.75, 3.05) is 6.54 Å². The second-order valence-corrected chi connectivity index (χ2v) is 8.17. The van der Waals surface area contributed by atoms with Crippen LogP contribution in [0.3, 0.4) is 0 Å². The Hall–Kier alpha value is -3.17. The molecular formula is C28H30N2O. The van der Waals surface area contributed by atoms with Crippen LogP contribution in [0.25, 0.3) is 0 Å². The van der Waals surface area contributed by atoms with E-state index in [2.05, 4.69) is 79.8 Å². The quantitative estimate of drug-likeness (QED) is 0.561. The maximum Gasteiger partial charge on any atom is 0.245 e. The second kappa shape index (κ2) is 9.76. The van der Waals surface area contributed by atoms with E-state index in [4.69, 9.17) is 0 Å². The molecule has 0 fully saturated rings. The summed E-state index contributed by atoms with van der Waals surface area (Å²) < 4.78 is 0. The maximum absolute atomic E-state index is 13.9. The van der Waals surface area contributed by atoms with Crippen molar-refractivity contribution in [3.63, 3.8) is 0 Å². The minimum absolute atomic E-state index is 0.0979. The number of nitrogens with zero attached hydrogens (tertiary/aromatic N) is 1. The first kappa shape index (κ1) is 21.1. The summed E-state index contributed by atoms with van der Waals surface area (Å²) in [5.74, 6) is 0.0979. The highest BCUT2D eigenvalue weighted by atomic mass is 16.2. The Morgan fingerprint density at radius 2 is 1.55 bits per heavy atom. The van der Waals surface area contributed by atoms with E-state index in [0.717, 1.165) is 23.1 Å². The van der Waals surface area contributed by atoms with Crippen molar-refractivity contribution in [1.29, 1.82) is 0 Å². The lowest BCUT2D eigenvalue weighted by molar-refractivity contribution is -0.136. The smallest absolute Gasteiger partial charge is 0.245 e. The molecule has 0 saturated carbocycles. The minimum Gasteiger partial charge on any atom is -0.326 e. The van der Waals surface area contributed by atoms with Gasteiger partial charge in [-0.15, -0.1) is 0 Å². The fourth-order valence-electron chi connectivity index (χ4n) is 4.09. The first-order valence-corrected chi connectivity index (χ1v) is 11.1. The molecule has 1 aliphatic heterocycles. The first-order valence-electron chi connectivity index (χ1n) is 11.1. The van der Waals surface area contributed by atoms with E-state index in [-0.39, 0.29) is 18.0 Å². The average Bonchev–Trinajstić information content (AvgIpc) is 2.81. The second-order valence-electron chi connectivity index (χ2n) is 8.17. The van der Waals surface area contributed by atoms with Crippen LogP contribution in [0.4, 0.5) is 0 Å². The summed E-state index contributed by atoms with van der Waals surface area (Å²) in [4.78, 5) is 15.9. The Bertz CT molecular complexity index is 1020. The molecule has 3 heteroatoms. The lowest BCUT2D eigenvalue weighted by Gasteiger charge is -2.35. The largest absolute Gasteiger partial charge is 0.326 e. The van der Waals surface area contributed by atoms with Crippen molar-refractivity contribution >= 4 is 5.91 Å². The molecule has 0 radical (unpaired) electrons. The number of aryl methyl sites for hydroxylation is 2. The monoisotopic (exact) mass is 410 g/mol. The van der Waals surface area contributed by atoms with E-state index in [1.165, 1.54) is 11.1 Å². The van der Waals surface area contributed by atoms with E-state index in [1.54, 1.807) is 0 Å². The average molecular weight is 411 g/mol. The van der Waals surface area contributed by atoms with Gasteiger partial charge in [-0.3, -0.25) is 10.1 Å². The molecule has 3 nitrogen and oxygen atoms in total. The van der Waals surface area contributed by atoms with Gasteiger partial charge in [-0.1, -0.05) is 104 Å². The molecule has 0 bridgehead atoms. The van der Waals surface area contributed by atoms with E-state index < -0.39 is 0 Å². The number of hydrogen-bond donors (Lipinski definition) is 1. The Labute approximate surface area is 185 Å². The Kier molecular flexibility index (Phi) is 6.63. The molecule has 1 amide bonds. The molecule has 1 N–H and O–H groups in total. The van der Waals surface area contributed by atoms with Crippen molar-refractivity contribution in [2.45, 2.75) is 38.9 Å². The van der Waals surface area contributed by atoms with Gasteiger partial charge in [0.2, 0.25) is 5.91 Å². The topological polar surface area (TPSA) is 32.3 Å². The third-order valence-electron chi connectivity index (χ3n) is 5.96. The van der Waals surface area contributed by atoms with Gasteiger partial charge in [0, 0.05) is 13.1 Å². The van der Waals surface area contributed by atoms with Crippen molar-refractivity contribution in [1.82, 2.24) is 10.2 Å². The van der Waals surface area contributed by atoms with Crippen molar-refractivity contribution in [3.05, 3.63) is 119 Å². The number of nitrogens with one attached hydrogen (secondary N) is 1. The van der Waals surface area contributed by atoms with Gasteiger partial charge in [0.15, 0.2) is 0 Å². The Balaban J connectivity index is 1.74. The lowest BCUT2D eigenvalue weighted by Crippen LogP contribution is -2.43. The van der Waals surface area contributed by atoms with Gasteiger partial charge in [-0.05, 0) is 35.6 Å². The number of carbonyl (C=O) groups is 1. The normalized spacial score (nSPS) is 20.2. The Morgan fingerprint density at radius 3 is 2.23 bits per heavy atom. The fourth-order valence-corrected chi connectivity index (χ4v) is 4.09. The van der Waals surface area contributed by atoms with Crippen LogP contribution in [0.15, 0.2) is 91.0 Å². The van der Waals surface area contributed by atoms with Gasteiger partial charge in [0.05, 0.1) is 6.04 Å². The summed E-state index contributed by atoms with van der Waals surface area (Å²) in [6.07, 6.45) is 5.30. The van der Waals surface area contributed by atoms with E-state index >= 15 is 0 Å². The molecule has 2 unspecified atom stereocenters. The van der Waals surface area contributed by atoms with Gasteiger partial charge in [0.1, 0.15) is 6.04 Å². The summed E-state index contributed by atoms with van der Waals surface area (Å²) in [7, 11) is 0. The minimum atomic E-state index is -0.367. The van der Waals surface area contributed by atoms with Crippen LogP contribution in [0.5, 0.6) is 0 Å². The van der Waals surface area contributed by atoms with Crippen molar-refractivity contribution in [3.8, 4) is 0 Å². The molecule has 0 aromatic heterocycles. The maximum atomic E-state index is 13.9. The molecular weight excluding hydrogens is 380 g/mol. The lowest BCUT2D eigenvalue weighted by atomic mass is 9.97. The molecule has 4 rings (SSSR count). The SMILES string of the molecule is CCc1ccc(C2/C=C\CNC(c3ccccc3)C(=O)N2Cc2ccc(C)cc2)cc1. The zero-order chi connectivity index (χ0) is 21.6. The number of benzene rings is 3. The highest BCUT2D eigenvalue weighted by molar-refractivity contribution is 5.84. The highest BCUT2D eigenvalue weighted by Gasteiger charge is 2.31. The summed E-state index contributed by atoms with van der Waals surface area (Å²) in [6.45, 7) is 5.47. The number of carbonyl (C=O) groups excluding carboxylic acids is 1. The molecule has 2 atom stereocenters. The summed E-state index contributed by atoms with van der Waals surface area (Å²) >= 11 is 0. The summed E-state index contributed by atoms with van der Waals surface area (Å²) in [5, 5.41) is 3.42. The van der Waals surface area contributed by atoms with Crippen LogP contribution in [0.2, 0.25) is 0 Å². The van der Waals surface area contributed by atoms with Crippen LogP contribution >= 0.6 is 0 Å². The van der Waals surface area contributed by atoms with Crippen LogP contribution in [0, 0.1) is 6.92 Å². The summed E-state index contributed by atoms with van der Waals surface area (Å²) in [6, 6.07) is 26.7.